The average molecular weight is 305 g/mol. The molecule has 0 aliphatic carbocycles. The highest BCUT2D eigenvalue weighted by Crippen LogP contribution is 2.21. The first-order chi connectivity index (χ1) is 10.5. The van der Waals surface area contributed by atoms with Crippen LogP contribution in [0.25, 0.3) is 6.08 Å². The van der Waals surface area contributed by atoms with Crippen LogP contribution in [0.4, 0.5) is 0 Å². The Hall–Kier alpha value is -2.30. The maximum Gasteiger partial charge on any atom is 0.307 e. The third-order valence-corrected chi connectivity index (χ3v) is 3.30. The second-order valence-corrected chi connectivity index (χ2v) is 4.82. The van der Waals surface area contributed by atoms with Crippen LogP contribution in [0.3, 0.4) is 0 Å². The maximum atomic E-state index is 12.2. The van der Waals surface area contributed by atoms with Crippen molar-refractivity contribution in [2.45, 2.75) is 20.3 Å². The Morgan fingerprint density at radius 1 is 1.27 bits per heavy atom. The number of hydrogen-bond donors (Lipinski definition) is 0. The summed E-state index contributed by atoms with van der Waals surface area (Å²) in [5, 5.41) is 0. The van der Waals surface area contributed by atoms with Crippen LogP contribution in [0.2, 0.25) is 0 Å². The summed E-state index contributed by atoms with van der Waals surface area (Å²) < 4.78 is 9.86. The Morgan fingerprint density at radius 3 is 2.59 bits per heavy atom. The van der Waals surface area contributed by atoms with Crippen molar-refractivity contribution in [1.29, 1.82) is 0 Å². The molecule has 0 spiro atoms. The first-order valence-corrected chi connectivity index (χ1v) is 7.20. The molecule has 22 heavy (non-hydrogen) atoms. The predicted molar refractivity (Wildman–Crippen MR) is 85.7 cm³/mol. The van der Waals surface area contributed by atoms with Crippen LogP contribution in [0.5, 0.6) is 5.75 Å². The third kappa shape index (κ3) is 5.24. The Labute approximate surface area is 131 Å². The van der Waals surface area contributed by atoms with E-state index in [1.54, 1.807) is 18.1 Å². The van der Waals surface area contributed by atoms with E-state index in [-0.39, 0.29) is 18.3 Å². The van der Waals surface area contributed by atoms with E-state index in [0.29, 0.717) is 18.8 Å². The summed E-state index contributed by atoms with van der Waals surface area (Å²) in [5.74, 6) is 0.248. The summed E-state index contributed by atoms with van der Waals surface area (Å²) >= 11 is 0. The highest BCUT2D eigenvalue weighted by atomic mass is 16.5. The first kappa shape index (κ1) is 17.8. The lowest BCUT2D eigenvalue weighted by atomic mass is 10.1. The van der Waals surface area contributed by atoms with Gasteiger partial charge in [0.2, 0.25) is 5.91 Å². The Bertz CT molecular complexity index is 552. The van der Waals surface area contributed by atoms with Crippen LogP contribution in [0, 0.1) is 6.92 Å². The van der Waals surface area contributed by atoms with E-state index in [2.05, 4.69) is 4.74 Å². The maximum absolute atomic E-state index is 12.2. The summed E-state index contributed by atoms with van der Waals surface area (Å²) in [6, 6.07) is 5.77. The van der Waals surface area contributed by atoms with Crippen LogP contribution in [0.1, 0.15) is 24.5 Å². The van der Waals surface area contributed by atoms with Gasteiger partial charge in [-0.3, -0.25) is 9.59 Å². The number of esters is 1. The monoisotopic (exact) mass is 305 g/mol. The number of likely N-dealkylation sites (N-methyl/N-ethyl adjacent to an activating group) is 1. The van der Waals surface area contributed by atoms with Crippen LogP contribution < -0.4 is 4.74 Å². The number of rotatable bonds is 7. The molecular weight excluding hydrogens is 282 g/mol. The largest absolute Gasteiger partial charge is 0.496 e. The van der Waals surface area contributed by atoms with E-state index in [9.17, 15) is 9.59 Å². The van der Waals surface area contributed by atoms with Crippen LogP contribution in [-0.4, -0.2) is 44.1 Å². The van der Waals surface area contributed by atoms with Gasteiger partial charge < -0.3 is 14.4 Å². The molecule has 0 saturated carbocycles. The van der Waals surface area contributed by atoms with Crippen molar-refractivity contribution in [1.82, 2.24) is 4.90 Å². The average Bonchev–Trinajstić information content (AvgIpc) is 2.53. The van der Waals surface area contributed by atoms with Crippen LogP contribution >= 0.6 is 0 Å². The number of ether oxygens (including phenoxy) is 2. The predicted octanol–water partition coefficient (Wildman–Crippen LogP) is 2.43. The third-order valence-electron chi connectivity index (χ3n) is 3.30. The Balaban J connectivity index is 2.77. The fraction of sp³-hybridized carbons (Fsp3) is 0.412. The smallest absolute Gasteiger partial charge is 0.307 e. The minimum Gasteiger partial charge on any atom is -0.496 e. The molecule has 0 atom stereocenters. The topological polar surface area (TPSA) is 55.8 Å². The lowest BCUT2D eigenvalue weighted by molar-refractivity contribution is -0.141. The number of nitrogens with zero attached hydrogens (tertiary/aromatic N) is 1. The Kier molecular flexibility index (Phi) is 7.16. The van der Waals surface area contributed by atoms with E-state index >= 15 is 0 Å². The van der Waals surface area contributed by atoms with Gasteiger partial charge in [-0.25, -0.2) is 0 Å². The summed E-state index contributed by atoms with van der Waals surface area (Å²) in [6.45, 7) is 4.73. The molecule has 0 radical (unpaired) electrons. The minimum absolute atomic E-state index is 0.144. The molecule has 1 rings (SSSR count). The normalized spacial score (nSPS) is 10.5. The molecule has 120 valence electrons. The number of carbonyl (C=O) groups excluding carboxylic acids is 2. The zero-order chi connectivity index (χ0) is 16.5. The zero-order valence-corrected chi connectivity index (χ0v) is 13.6. The molecule has 0 saturated heterocycles. The minimum atomic E-state index is -0.324. The fourth-order valence-corrected chi connectivity index (χ4v) is 2.00. The standard InChI is InChI=1S/C17H23NO4/c1-5-18(11-10-17(20)22-4)16(19)9-7-14-12-13(2)6-8-15(14)21-3/h6-9,12H,5,10-11H2,1-4H3/b9-7+. The van der Waals surface area contributed by atoms with Gasteiger partial charge in [0.1, 0.15) is 5.75 Å². The summed E-state index contributed by atoms with van der Waals surface area (Å²) in [7, 11) is 2.93. The van der Waals surface area contributed by atoms with Crippen molar-refractivity contribution >= 4 is 18.0 Å². The summed E-state index contributed by atoms with van der Waals surface area (Å²) in [4.78, 5) is 24.9. The van der Waals surface area contributed by atoms with E-state index in [4.69, 9.17) is 4.74 Å². The summed E-state index contributed by atoms with van der Waals surface area (Å²) in [5.41, 5.74) is 1.94. The molecule has 0 unspecified atom stereocenters. The van der Waals surface area contributed by atoms with Gasteiger partial charge in [0, 0.05) is 24.7 Å². The van der Waals surface area contributed by atoms with Gasteiger partial charge in [-0.1, -0.05) is 11.6 Å². The molecular formula is C17H23NO4. The molecule has 0 heterocycles. The van der Waals surface area contributed by atoms with Gasteiger partial charge in [0.05, 0.1) is 20.6 Å². The molecule has 5 nitrogen and oxygen atoms in total. The molecule has 5 heteroatoms. The second-order valence-electron chi connectivity index (χ2n) is 4.82. The van der Waals surface area contributed by atoms with Gasteiger partial charge >= 0.3 is 5.97 Å². The molecule has 1 aromatic carbocycles. The van der Waals surface area contributed by atoms with Crippen molar-refractivity contribution < 1.29 is 19.1 Å². The first-order valence-electron chi connectivity index (χ1n) is 7.20. The number of carbonyl (C=O) groups is 2. The van der Waals surface area contributed by atoms with Crippen molar-refractivity contribution in [3.63, 3.8) is 0 Å². The molecule has 0 aromatic heterocycles. The van der Waals surface area contributed by atoms with Crippen molar-refractivity contribution in [2.75, 3.05) is 27.3 Å². The molecule has 0 bridgehead atoms. The van der Waals surface area contributed by atoms with E-state index in [0.717, 1.165) is 11.1 Å². The van der Waals surface area contributed by atoms with Gasteiger partial charge in [-0.2, -0.15) is 0 Å². The zero-order valence-electron chi connectivity index (χ0n) is 13.6. The lowest BCUT2D eigenvalue weighted by Crippen LogP contribution is -2.31. The van der Waals surface area contributed by atoms with E-state index in [1.165, 1.54) is 13.2 Å². The van der Waals surface area contributed by atoms with Crippen molar-refractivity contribution in [3.05, 3.63) is 35.4 Å². The molecule has 0 fully saturated rings. The van der Waals surface area contributed by atoms with Crippen LogP contribution in [0.15, 0.2) is 24.3 Å². The number of methoxy groups -OCH3 is 2. The van der Waals surface area contributed by atoms with Gasteiger partial charge in [0.25, 0.3) is 0 Å². The van der Waals surface area contributed by atoms with Gasteiger partial charge in [-0.05, 0) is 32.1 Å². The number of benzene rings is 1. The molecule has 0 aliphatic heterocycles. The van der Waals surface area contributed by atoms with Crippen LogP contribution in [-0.2, 0) is 14.3 Å². The van der Waals surface area contributed by atoms with Crippen molar-refractivity contribution in [2.24, 2.45) is 0 Å². The SMILES string of the molecule is CCN(CCC(=O)OC)C(=O)/C=C/c1cc(C)ccc1OC. The highest BCUT2D eigenvalue weighted by Gasteiger charge is 2.11. The molecule has 0 N–H and O–H groups in total. The molecule has 1 amide bonds. The van der Waals surface area contributed by atoms with E-state index < -0.39 is 0 Å². The van der Waals surface area contributed by atoms with Gasteiger partial charge in [0.15, 0.2) is 0 Å². The second kappa shape index (κ2) is 8.87. The quantitative estimate of drug-likeness (QED) is 0.573. The Morgan fingerprint density at radius 2 is 2.00 bits per heavy atom. The summed E-state index contributed by atoms with van der Waals surface area (Å²) in [6.07, 6.45) is 3.42. The molecule has 0 aliphatic rings. The number of hydrogen-bond acceptors (Lipinski definition) is 4. The lowest BCUT2D eigenvalue weighted by Gasteiger charge is -2.18. The molecule has 1 aromatic rings. The number of amides is 1. The van der Waals surface area contributed by atoms with Gasteiger partial charge in [-0.15, -0.1) is 0 Å². The fourth-order valence-electron chi connectivity index (χ4n) is 2.00. The highest BCUT2D eigenvalue weighted by molar-refractivity contribution is 5.92. The van der Waals surface area contributed by atoms with Crippen molar-refractivity contribution in [3.8, 4) is 5.75 Å². The van der Waals surface area contributed by atoms with E-state index in [1.807, 2.05) is 32.0 Å². The number of aryl methyl sites for hydroxylation is 1.